The molecule has 0 saturated carbocycles. The van der Waals surface area contributed by atoms with Gasteiger partial charge in [0.15, 0.2) is 0 Å². The first-order valence-corrected chi connectivity index (χ1v) is 3.75. The Labute approximate surface area is 54.5 Å². The number of hydrogen-bond donors (Lipinski definition) is 1. The molecular formula is C6H10NS. The Morgan fingerprint density at radius 3 is 3.12 bits per heavy atom. The Kier molecular flexibility index (Phi) is 2.27. The first kappa shape index (κ1) is 6.02. The zero-order chi connectivity index (χ0) is 5.82. The third kappa shape index (κ3) is 1.44. The van der Waals surface area contributed by atoms with Crippen LogP contribution in [0.1, 0.15) is 19.8 Å². The van der Waals surface area contributed by atoms with E-state index in [-0.39, 0.29) is 0 Å². The van der Waals surface area contributed by atoms with Crippen molar-refractivity contribution < 1.29 is 0 Å². The first-order valence-electron chi connectivity index (χ1n) is 2.87. The topological polar surface area (TPSA) is 12.0 Å². The second-order valence-corrected chi connectivity index (χ2v) is 2.74. The van der Waals surface area contributed by atoms with Gasteiger partial charge in [0.2, 0.25) is 0 Å². The average Bonchev–Trinajstić information content (AvgIpc) is 2.19. The quantitative estimate of drug-likeness (QED) is 0.611. The predicted octanol–water partition coefficient (Wildman–Crippen LogP) is 2.08. The second kappa shape index (κ2) is 3.02. The molecule has 1 radical (unpaired) electrons. The molecule has 0 spiro atoms. The van der Waals surface area contributed by atoms with E-state index in [0.717, 1.165) is 0 Å². The SMILES string of the molecule is CCC[C]1NC=CS1. The van der Waals surface area contributed by atoms with E-state index in [2.05, 4.69) is 17.6 Å². The molecule has 1 aliphatic rings. The normalized spacial score (nSPS) is 19.1. The highest BCUT2D eigenvalue weighted by atomic mass is 32.2. The van der Waals surface area contributed by atoms with Crippen molar-refractivity contribution in [1.29, 1.82) is 0 Å². The molecule has 0 aliphatic carbocycles. The minimum Gasteiger partial charge on any atom is -0.373 e. The molecule has 0 fully saturated rings. The zero-order valence-electron chi connectivity index (χ0n) is 4.98. The van der Waals surface area contributed by atoms with Crippen LogP contribution in [-0.4, -0.2) is 0 Å². The van der Waals surface area contributed by atoms with Crippen molar-refractivity contribution in [2.75, 3.05) is 0 Å². The summed E-state index contributed by atoms with van der Waals surface area (Å²) in [6.45, 7) is 2.19. The molecule has 0 amide bonds. The van der Waals surface area contributed by atoms with Crippen molar-refractivity contribution in [1.82, 2.24) is 5.32 Å². The molecule has 0 unspecified atom stereocenters. The van der Waals surface area contributed by atoms with Gasteiger partial charge in [0, 0.05) is 6.20 Å². The number of thioether (sulfide) groups is 1. The van der Waals surface area contributed by atoms with Crippen LogP contribution >= 0.6 is 11.8 Å². The van der Waals surface area contributed by atoms with Crippen LogP contribution in [-0.2, 0) is 0 Å². The molecule has 0 bridgehead atoms. The highest BCUT2D eigenvalue weighted by Gasteiger charge is 2.07. The Hall–Kier alpha value is -0.110. The fraction of sp³-hybridized carbons (Fsp3) is 0.500. The van der Waals surface area contributed by atoms with Crippen molar-refractivity contribution >= 4 is 11.8 Å². The highest BCUT2D eigenvalue weighted by Crippen LogP contribution is 2.26. The van der Waals surface area contributed by atoms with E-state index in [1.54, 1.807) is 11.8 Å². The van der Waals surface area contributed by atoms with Crippen LogP contribution in [0.3, 0.4) is 0 Å². The summed E-state index contributed by atoms with van der Waals surface area (Å²) in [7, 11) is 0. The minimum atomic E-state index is 1.19. The van der Waals surface area contributed by atoms with Gasteiger partial charge in [-0.05, 0) is 11.8 Å². The molecule has 1 N–H and O–H groups in total. The smallest absolute Gasteiger partial charge is 0.120 e. The molecule has 0 aromatic carbocycles. The largest absolute Gasteiger partial charge is 0.373 e. The van der Waals surface area contributed by atoms with Gasteiger partial charge in [0.05, 0.1) is 0 Å². The second-order valence-electron chi connectivity index (χ2n) is 1.74. The number of nitrogens with one attached hydrogen (secondary N) is 1. The maximum atomic E-state index is 3.16. The van der Waals surface area contributed by atoms with Gasteiger partial charge in [0.1, 0.15) is 5.37 Å². The Morgan fingerprint density at radius 2 is 2.62 bits per heavy atom. The molecule has 2 heteroatoms. The van der Waals surface area contributed by atoms with Crippen LogP contribution in [0.5, 0.6) is 0 Å². The highest BCUT2D eigenvalue weighted by molar-refractivity contribution is 8.05. The van der Waals surface area contributed by atoms with Gasteiger partial charge >= 0.3 is 0 Å². The lowest BCUT2D eigenvalue weighted by Crippen LogP contribution is -2.04. The third-order valence-corrected chi connectivity index (χ3v) is 1.88. The molecule has 45 valence electrons. The molecule has 0 aromatic heterocycles. The van der Waals surface area contributed by atoms with Gasteiger partial charge in [-0.25, -0.2) is 0 Å². The summed E-state index contributed by atoms with van der Waals surface area (Å²) in [5.74, 6) is 0. The van der Waals surface area contributed by atoms with Gasteiger partial charge in [-0.15, -0.1) is 11.8 Å². The van der Waals surface area contributed by atoms with Gasteiger partial charge in [-0.3, -0.25) is 0 Å². The third-order valence-electron chi connectivity index (χ3n) is 1.000. The summed E-state index contributed by atoms with van der Waals surface area (Å²) in [5, 5.41) is 6.61. The molecule has 0 atom stereocenters. The van der Waals surface area contributed by atoms with Crippen LogP contribution in [0.15, 0.2) is 11.6 Å². The van der Waals surface area contributed by atoms with Crippen LogP contribution in [0.4, 0.5) is 0 Å². The van der Waals surface area contributed by atoms with Crippen molar-refractivity contribution in [2.24, 2.45) is 0 Å². The zero-order valence-corrected chi connectivity index (χ0v) is 5.79. The Morgan fingerprint density at radius 1 is 1.75 bits per heavy atom. The molecule has 0 saturated heterocycles. The molecule has 1 nitrogen and oxygen atoms in total. The van der Waals surface area contributed by atoms with Crippen LogP contribution in [0, 0.1) is 5.37 Å². The first-order chi connectivity index (χ1) is 3.93. The van der Waals surface area contributed by atoms with Gasteiger partial charge < -0.3 is 5.32 Å². The maximum absolute atomic E-state index is 3.16. The maximum Gasteiger partial charge on any atom is 0.120 e. The predicted molar refractivity (Wildman–Crippen MR) is 38.0 cm³/mol. The molecular weight excluding hydrogens is 118 g/mol. The van der Waals surface area contributed by atoms with E-state index in [0.29, 0.717) is 0 Å². The summed E-state index contributed by atoms with van der Waals surface area (Å²) in [6.07, 6.45) is 4.41. The summed E-state index contributed by atoms with van der Waals surface area (Å²) in [5.41, 5.74) is 0. The van der Waals surface area contributed by atoms with Gasteiger partial charge in [-0.1, -0.05) is 13.3 Å². The fourth-order valence-corrected chi connectivity index (χ4v) is 1.39. The summed E-state index contributed by atoms with van der Waals surface area (Å²) >= 11 is 1.79. The molecule has 0 aromatic rings. The number of hydrogen-bond acceptors (Lipinski definition) is 2. The van der Waals surface area contributed by atoms with E-state index in [1.165, 1.54) is 18.2 Å². The van der Waals surface area contributed by atoms with Crippen LogP contribution in [0.25, 0.3) is 0 Å². The van der Waals surface area contributed by atoms with Crippen LogP contribution in [0.2, 0.25) is 0 Å². The molecule has 8 heavy (non-hydrogen) atoms. The standard InChI is InChI=1S/C6H10NS/c1-2-3-6-7-4-5-8-6/h4-5,7H,2-3H2,1H3. The Balaban J connectivity index is 2.10. The van der Waals surface area contributed by atoms with Gasteiger partial charge in [0.25, 0.3) is 0 Å². The van der Waals surface area contributed by atoms with E-state index in [1.807, 2.05) is 6.20 Å². The van der Waals surface area contributed by atoms with E-state index in [9.17, 15) is 0 Å². The fourth-order valence-electron chi connectivity index (χ4n) is 0.635. The van der Waals surface area contributed by atoms with Crippen molar-refractivity contribution in [2.45, 2.75) is 19.8 Å². The number of rotatable bonds is 2. The lowest BCUT2D eigenvalue weighted by Gasteiger charge is -2.04. The van der Waals surface area contributed by atoms with E-state index in [4.69, 9.17) is 0 Å². The molecule has 1 aliphatic heterocycles. The van der Waals surface area contributed by atoms with Gasteiger partial charge in [-0.2, -0.15) is 0 Å². The average molecular weight is 128 g/mol. The van der Waals surface area contributed by atoms with E-state index < -0.39 is 0 Å². The summed E-state index contributed by atoms with van der Waals surface area (Å²) < 4.78 is 0. The van der Waals surface area contributed by atoms with Crippen molar-refractivity contribution in [3.05, 3.63) is 17.0 Å². The lowest BCUT2D eigenvalue weighted by atomic mass is 10.3. The minimum absolute atomic E-state index is 1.19. The van der Waals surface area contributed by atoms with E-state index >= 15 is 0 Å². The summed E-state index contributed by atoms with van der Waals surface area (Å²) in [6, 6.07) is 0. The van der Waals surface area contributed by atoms with Crippen molar-refractivity contribution in [3.8, 4) is 0 Å². The van der Waals surface area contributed by atoms with Crippen molar-refractivity contribution in [3.63, 3.8) is 0 Å². The van der Waals surface area contributed by atoms with Crippen LogP contribution < -0.4 is 5.32 Å². The molecule has 1 heterocycles. The summed E-state index contributed by atoms with van der Waals surface area (Å²) in [4.78, 5) is 0. The molecule has 1 rings (SSSR count). The Bertz CT molecular complexity index is 82.5. The monoisotopic (exact) mass is 128 g/mol. The lowest BCUT2D eigenvalue weighted by molar-refractivity contribution is 0.811.